The van der Waals surface area contributed by atoms with Crippen LogP contribution in [0.25, 0.3) is 0 Å². The molecule has 1 amide bonds. The van der Waals surface area contributed by atoms with Gasteiger partial charge in [0.1, 0.15) is 10.1 Å². The molecule has 0 unspecified atom stereocenters. The molecule has 1 aliphatic heterocycles. The fourth-order valence-corrected chi connectivity index (χ4v) is 2.85. The molecule has 1 aromatic carbocycles. The van der Waals surface area contributed by atoms with E-state index >= 15 is 0 Å². The molecule has 100 valence electrons. The molecule has 0 atom stereocenters. The summed E-state index contributed by atoms with van der Waals surface area (Å²) < 4.78 is 5.61. The maximum absolute atomic E-state index is 11.5. The number of carbonyl (C=O) groups is 2. The van der Waals surface area contributed by atoms with Gasteiger partial charge in [0.05, 0.1) is 5.75 Å². The molecule has 1 saturated heterocycles. The van der Waals surface area contributed by atoms with Crippen LogP contribution in [0, 0.1) is 0 Å². The van der Waals surface area contributed by atoms with Crippen molar-refractivity contribution in [3.63, 3.8) is 0 Å². The van der Waals surface area contributed by atoms with Gasteiger partial charge in [-0.2, -0.15) is 0 Å². The minimum Gasteiger partial charge on any atom is -0.427 e. The molecule has 1 fully saturated rings. The average molecular weight is 295 g/mol. The highest BCUT2D eigenvalue weighted by molar-refractivity contribution is 8.23. The zero-order valence-electron chi connectivity index (χ0n) is 10.4. The zero-order valence-corrected chi connectivity index (χ0v) is 12.1. The van der Waals surface area contributed by atoms with Crippen molar-refractivity contribution < 1.29 is 14.3 Å². The predicted octanol–water partition coefficient (Wildman–Crippen LogP) is 2.01. The van der Waals surface area contributed by atoms with Crippen LogP contribution >= 0.6 is 24.0 Å². The Morgan fingerprint density at radius 1 is 1.42 bits per heavy atom. The minimum atomic E-state index is -0.335. The van der Waals surface area contributed by atoms with Crippen molar-refractivity contribution in [3.8, 4) is 5.75 Å². The molecular weight excluding hydrogens is 282 g/mol. The Morgan fingerprint density at radius 2 is 2.11 bits per heavy atom. The molecule has 1 heterocycles. The van der Waals surface area contributed by atoms with Crippen LogP contribution in [0.1, 0.15) is 12.5 Å². The second kappa shape index (κ2) is 6.16. The van der Waals surface area contributed by atoms with Crippen molar-refractivity contribution in [2.24, 2.45) is 0 Å². The summed E-state index contributed by atoms with van der Waals surface area (Å²) >= 11 is 6.52. The van der Waals surface area contributed by atoms with Gasteiger partial charge >= 0.3 is 5.97 Å². The maximum atomic E-state index is 11.5. The van der Waals surface area contributed by atoms with Gasteiger partial charge in [-0.15, -0.1) is 0 Å². The molecular formula is C13H13NO3S2. The Balaban J connectivity index is 1.91. The molecule has 4 nitrogen and oxygen atoms in total. The van der Waals surface area contributed by atoms with Gasteiger partial charge in [0.15, 0.2) is 0 Å². The lowest BCUT2D eigenvalue weighted by Gasteiger charge is -2.14. The number of thiocarbonyl (C=S) groups is 1. The lowest BCUT2D eigenvalue weighted by molar-refractivity contribution is -0.132. The van der Waals surface area contributed by atoms with Gasteiger partial charge in [0.2, 0.25) is 5.91 Å². The number of nitrogens with zero attached hydrogens (tertiary/aromatic N) is 1. The number of thioether (sulfide) groups is 1. The fraction of sp³-hybridized carbons (Fsp3) is 0.308. The quantitative estimate of drug-likeness (QED) is 0.483. The van der Waals surface area contributed by atoms with Crippen LogP contribution in [0.4, 0.5) is 0 Å². The van der Waals surface area contributed by atoms with Crippen LogP contribution in [0.3, 0.4) is 0 Å². The molecule has 0 radical (unpaired) electrons. The first-order valence-corrected chi connectivity index (χ1v) is 7.20. The Labute approximate surface area is 121 Å². The van der Waals surface area contributed by atoms with Gasteiger partial charge in [-0.3, -0.25) is 14.5 Å². The summed E-state index contributed by atoms with van der Waals surface area (Å²) in [7, 11) is 0. The topological polar surface area (TPSA) is 46.6 Å². The highest BCUT2D eigenvalue weighted by atomic mass is 32.2. The molecule has 1 aromatic rings. The summed E-state index contributed by atoms with van der Waals surface area (Å²) in [4.78, 5) is 24.0. The van der Waals surface area contributed by atoms with E-state index in [0.29, 0.717) is 22.4 Å². The summed E-state index contributed by atoms with van der Waals surface area (Å²) in [5.74, 6) is 0.716. The van der Waals surface area contributed by atoms with Crippen LogP contribution in [0.2, 0.25) is 0 Å². The summed E-state index contributed by atoms with van der Waals surface area (Å²) in [5, 5.41) is 0. The first-order chi connectivity index (χ1) is 9.06. The van der Waals surface area contributed by atoms with E-state index in [2.05, 4.69) is 0 Å². The van der Waals surface area contributed by atoms with Crippen LogP contribution in [-0.2, 0) is 16.0 Å². The second-order valence-electron chi connectivity index (χ2n) is 4.09. The summed E-state index contributed by atoms with van der Waals surface area (Å²) in [6, 6.07) is 7.26. The molecule has 19 heavy (non-hydrogen) atoms. The molecule has 0 saturated carbocycles. The molecule has 2 rings (SSSR count). The molecule has 0 aromatic heterocycles. The lowest BCUT2D eigenvalue weighted by Crippen LogP contribution is -2.30. The van der Waals surface area contributed by atoms with Gasteiger partial charge in [-0.1, -0.05) is 36.1 Å². The molecule has 0 N–H and O–H groups in total. The van der Waals surface area contributed by atoms with E-state index in [1.165, 1.54) is 18.7 Å². The summed E-state index contributed by atoms with van der Waals surface area (Å²) in [5.41, 5.74) is 1.07. The average Bonchev–Trinajstić information content (AvgIpc) is 2.68. The van der Waals surface area contributed by atoms with E-state index in [9.17, 15) is 9.59 Å². The van der Waals surface area contributed by atoms with E-state index < -0.39 is 0 Å². The fourth-order valence-electron chi connectivity index (χ4n) is 1.73. The third-order valence-corrected chi connectivity index (χ3v) is 4.08. The number of esters is 1. The van der Waals surface area contributed by atoms with E-state index in [4.69, 9.17) is 17.0 Å². The highest BCUT2D eigenvalue weighted by Gasteiger charge is 2.25. The standard InChI is InChI=1S/C13H13NO3S2/c1-9(15)17-11-4-2-10(3-5-11)6-7-14-12(16)8-19-13(14)18/h2-5H,6-8H2,1H3. The Hall–Kier alpha value is -1.40. The first kappa shape index (κ1) is 14.0. The van der Waals surface area contributed by atoms with Gasteiger partial charge in [-0.05, 0) is 24.1 Å². The predicted molar refractivity (Wildman–Crippen MR) is 78.2 cm³/mol. The smallest absolute Gasteiger partial charge is 0.308 e. The van der Waals surface area contributed by atoms with Crippen LogP contribution in [0.15, 0.2) is 24.3 Å². The number of benzene rings is 1. The molecule has 0 bridgehead atoms. The molecule has 0 aliphatic carbocycles. The number of hydrogen-bond acceptors (Lipinski definition) is 5. The third kappa shape index (κ3) is 3.78. The van der Waals surface area contributed by atoms with E-state index in [1.807, 2.05) is 12.1 Å². The Kier molecular flexibility index (Phi) is 4.55. The van der Waals surface area contributed by atoms with E-state index in [1.54, 1.807) is 17.0 Å². The zero-order chi connectivity index (χ0) is 13.8. The van der Waals surface area contributed by atoms with Gasteiger partial charge < -0.3 is 4.74 Å². The molecule has 1 aliphatic rings. The summed E-state index contributed by atoms with van der Waals surface area (Å²) in [6.45, 7) is 1.96. The molecule has 6 heteroatoms. The monoisotopic (exact) mass is 295 g/mol. The van der Waals surface area contributed by atoms with E-state index in [-0.39, 0.29) is 11.9 Å². The third-order valence-electron chi connectivity index (χ3n) is 2.65. The Morgan fingerprint density at radius 3 is 2.63 bits per heavy atom. The lowest BCUT2D eigenvalue weighted by atomic mass is 10.1. The SMILES string of the molecule is CC(=O)Oc1ccc(CCN2C(=O)CSC2=S)cc1. The number of carbonyl (C=O) groups excluding carboxylic acids is 2. The van der Waals surface area contributed by atoms with Crippen molar-refractivity contribution in [1.29, 1.82) is 0 Å². The molecule has 0 spiro atoms. The van der Waals surface area contributed by atoms with Crippen LogP contribution < -0.4 is 4.74 Å². The normalized spacial score (nSPS) is 14.9. The van der Waals surface area contributed by atoms with Crippen molar-refractivity contribution >= 4 is 40.2 Å². The second-order valence-corrected chi connectivity index (χ2v) is 5.70. The number of ether oxygens (including phenoxy) is 1. The summed E-state index contributed by atoms with van der Waals surface area (Å²) in [6.07, 6.45) is 0.729. The van der Waals surface area contributed by atoms with Crippen molar-refractivity contribution in [1.82, 2.24) is 4.90 Å². The largest absolute Gasteiger partial charge is 0.427 e. The van der Waals surface area contributed by atoms with Crippen LogP contribution in [-0.4, -0.2) is 33.4 Å². The van der Waals surface area contributed by atoms with Gasteiger partial charge in [0, 0.05) is 13.5 Å². The van der Waals surface area contributed by atoms with Crippen molar-refractivity contribution in [3.05, 3.63) is 29.8 Å². The first-order valence-electron chi connectivity index (χ1n) is 5.81. The van der Waals surface area contributed by atoms with Gasteiger partial charge in [0.25, 0.3) is 0 Å². The van der Waals surface area contributed by atoms with Gasteiger partial charge in [-0.25, -0.2) is 0 Å². The highest BCUT2D eigenvalue weighted by Crippen LogP contribution is 2.20. The minimum absolute atomic E-state index is 0.0755. The number of hydrogen-bond donors (Lipinski definition) is 0. The number of amides is 1. The number of rotatable bonds is 4. The van der Waals surface area contributed by atoms with E-state index in [0.717, 1.165) is 12.0 Å². The van der Waals surface area contributed by atoms with Crippen LogP contribution in [0.5, 0.6) is 5.75 Å². The Bertz CT molecular complexity index is 497. The van der Waals surface area contributed by atoms with Crippen molar-refractivity contribution in [2.75, 3.05) is 12.3 Å². The van der Waals surface area contributed by atoms with Crippen molar-refractivity contribution in [2.45, 2.75) is 13.3 Å². The maximum Gasteiger partial charge on any atom is 0.308 e.